The van der Waals surface area contributed by atoms with Gasteiger partial charge in [-0.1, -0.05) is 20.8 Å². The van der Waals surface area contributed by atoms with Gasteiger partial charge in [0.25, 0.3) is 10.0 Å². The molecule has 0 saturated heterocycles. The zero-order chi connectivity index (χ0) is 17.6. The second-order valence-corrected chi connectivity index (χ2v) is 8.52. The number of aryl methyl sites for hydroxylation is 1. The fourth-order valence-corrected chi connectivity index (χ4v) is 4.60. The predicted molar refractivity (Wildman–Crippen MR) is 99.3 cm³/mol. The molecule has 0 radical (unpaired) electrons. The molecule has 8 heteroatoms. The van der Waals surface area contributed by atoms with Gasteiger partial charge in [0.15, 0.2) is 11.6 Å². The van der Waals surface area contributed by atoms with E-state index in [4.69, 9.17) is 0 Å². The summed E-state index contributed by atoms with van der Waals surface area (Å²) in [4.78, 5) is 3.18. The summed E-state index contributed by atoms with van der Waals surface area (Å²) in [6.07, 6.45) is 2.86. The van der Waals surface area contributed by atoms with Gasteiger partial charge < -0.3 is 4.90 Å². The maximum Gasteiger partial charge on any atom is 0.272 e. The van der Waals surface area contributed by atoms with E-state index in [1.54, 1.807) is 12.1 Å². The lowest BCUT2D eigenvalue weighted by Crippen LogP contribution is -2.26. The topological polar surface area (TPSA) is 75.2 Å². The molecule has 24 heavy (non-hydrogen) atoms. The van der Waals surface area contributed by atoms with Gasteiger partial charge in [-0.2, -0.15) is 0 Å². The number of hydrogen-bond donors (Lipinski definition) is 1. The van der Waals surface area contributed by atoms with E-state index in [-0.39, 0.29) is 5.82 Å². The fourth-order valence-electron chi connectivity index (χ4n) is 2.31. The van der Waals surface area contributed by atoms with Crippen LogP contribution in [0.25, 0.3) is 0 Å². The standard InChI is InChI=1S/C16H24N4O2S2/c1-4-11-20(12-5-2)15-9-8-14(17-18-15)19-24(21,22)16-10-7-13(6-3)23-16/h7-10H,4-6,11-12H2,1-3H3,(H,17,19). The average molecular weight is 369 g/mol. The number of thiophene rings is 1. The van der Waals surface area contributed by atoms with Crippen LogP contribution in [-0.4, -0.2) is 31.7 Å². The van der Waals surface area contributed by atoms with Gasteiger partial charge >= 0.3 is 0 Å². The minimum atomic E-state index is -3.60. The van der Waals surface area contributed by atoms with Gasteiger partial charge in [-0.15, -0.1) is 21.5 Å². The van der Waals surface area contributed by atoms with Crippen molar-refractivity contribution in [2.75, 3.05) is 22.7 Å². The SMILES string of the molecule is CCCN(CCC)c1ccc(NS(=O)(=O)c2ccc(CC)s2)nn1. The maximum atomic E-state index is 12.4. The Morgan fingerprint density at radius 2 is 1.75 bits per heavy atom. The summed E-state index contributed by atoms with van der Waals surface area (Å²) in [7, 11) is -3.60. The highest BCUT2D eigenvalue weighted by atomic mass is 32.2. The average Bonchev–Trinajstić information content (AvgIpc) is 3.05. The smallest absolute Gasteiger partial charge is 0.272 e. The van der Waals surface area contributed by atoms with Gasteiger partial charge in [-0.3, -0.25) is 4.72 Å². The Hall–Kier alpha value is -1.67. The largest absolute Gasteiger partial charge is 0.355 e. The van der Waals surface area contributed by atoms with Crippen molar-refractivity contribution in [3.05, 3.63) is 29.1 Å². The number of nitrogens with zero attached hydrogens (tertiary/aromatic N) is 3. The Kier molecular flexibility index (Phi) is 6.56. The number of nitrogens with one attached hydrogen (secondary N) is 1. The van der Waals surface area contributed by atoms with Crippen LogP contribution in [0, 0.1) is 0 Å². The van der Waals surface area contributed by atoms with Crippen molar-refractivity contribution in [2.24, 2.45) is 0 Å². The number of sulfonamides is 1. The summed E-state index contributed by atoms with van der Waals surface area (Å²) in [5, 5.41) is 8.19. The lowest BCUT2D eigenvalue weighted by atomic mass is 10.3. The highest BCUT2D eigenvalue weighted by molar-refractivity contribution is 7.94. The van der Waals surface area contributed by atoms with Crippen LogP contribution >= 0.6 is 11.3 Å². The molecule has 0 saturated carbocycles. The molecule has 0 aliphatic heterocycles. The van der Waals surface area contributed by atoms with Crippen LogP contribution in [0.3, 0.4) is 0 Å². The van der Waals surface area contributed by atoms with Crippen LogP contribution in [0.15, 0.2) is 28.5 Å². The van der Waals surface area contributed by atoms with Crippen LogP contribution < -0.4 is 9.62 Å². The molecular weight excluding hydrogens is 344 g/mol. The molecule has 132 valence electrons. The molecule has 0 aliphatic rings. The van der Waals surface area contributed by atoms with E-state index in [2.05, 4.69) is 33.7 Å². The van der Waals surface area contributed by atoms with Gasteiger partial charge in [-0.05, 0) is 43.5 Å². The van der Waals surface area contributed by atoms with E-state index in [0.717, 1.165) is 43.0 Å². The fraction of sp³-hybridized carbons (Fsp3) is 0.500. The molecule has 2 aromatic rings. The Morgan fingerprint density at radius 3 is 2.25 bits per heavy atom. The molecule has 2 heterocycles. The van der Waals surface area contributed by atoms with E-state index in [0.29, 0.717) is 4.21 Å². The van der Waals surface area contributed by atoms with Gasteiger partial charge in [0, 0.05) is 18.0 Å². The van der Waals surface area contributed by atoms with E-state index >= 15 is 0 Å². The Morgan fingerprint density at radius 1 is 1.04 bits per heavy atom. The first-order chi connectivity index (χ1) is 11.5. The molecule has 1 N–H and O–H groups in total. The van der Waals surface area contributed by atoms with Crippen LogP contribution in [0.2, 0.25) is 0 Å². The third kappa shape index (κ3) is 4.67. The number of rotatable bonds is 9. The molecule has 6 nitrogen and oxygen atoms in total. The first-order valence-electron chi connectivity index (χ1n) is 8.20. The molecule has 0 amide bonds. The van der Waals surface area contributed by atoms with E-state index in [9.17, 15) is 8.42 Å². The van der Waals surface area contributed by atoms with Crippen LogP contribution in [0.5, 0.6) is 0 Å². The van der Waals surface area contributed by atoms with Crippen LogP contribution in [0.4, 0.5) is 11.6 Å². The first kappa shape index (κ1) is 18.7. The zero-order valence-corrected chi connectivity index (χ0v) is 16.0. The quantitative estimate of drug-likeness (QED) is 0.733. The molecule has 2 rings (SSSR count). The molecular formula is C16H24N4O2S2. The second-order valence-electron chi connectivity index (χ2n) is 5.44. The molecule has 0 fully saturated rings. The first-order valence-corrected chi connectivity index (χ1v) is 10.5. The molecule has 0 spiro atoms. The van der Waals surface area contributed by atoms with Gasteiger partial charge in [0.2, 0.25) is 0 Å². The molecule has 0 aliphatic carbocycles. The summed E-state index contributed by atoms with van der Waals surface area (Å²) in [5.74, 6) is 1.00. The number of anilines is 2. The third-order valence-corrected chi connectivity index (χ3v) is 6.53. The number of hydrogen-bond acceptors (Lipinski definition) is 6. The van der Waals surface area contributed by atoms with Crippen molar-refractivity contribution in [3.8, 4) is 0 Å². The Labute approximate surface area is 148 Å². The highest BCUT2D eigenvalue weighted by Gasteiger charge is 2.18. The molecule has 0 atom stereocenters. The number of aromatic nitrogens is 2. The van der Waals surface area contributed by atoms with Crippen molar-refractivity contribution in [3.63, 3.8) is 0 Å². The Bertz CT molecular complexity index is 736. The van der Waals surface area contributed by atoms with Gasteiger partial charge in [-0.25, -0.2) is 8.42 Å². The zero-order valence-electron chi connectivity index (χ0n) is 14.3. The maximum absolute atomic E-state index is 12.4. The second kappa shape index (κ2) is 8.43. The van der Waals surface area contributed by atoms with Crippen LogP contribution in [0.1, 0.15) is 38.5 Å². The van der Waals surface area contributed by atoms with Gasteiger partial charge in [0.05, 0.1) is 0 Å². The highest BCUT2D eigenvalue weighted by Crippen LogP contribution is 2.24. The van der Waals surface area contributed by atoms with E-state index in [1.165, 1.54) is 11.3 Å². The van der Waals surface area contributed by atoms with Gasteiger partial charge in [0.1, 0.15) is 4.21 Å². The van der Waals surface area contributed by atoms with Crippen LogP contribution in [-0.2, 0) is 16.4 Å². The molecule has 2 aromatic heterocycles. The van der Waals surface area contributed by atoms with E-state index < -0.39 is 10.0 Å². The van der Waals surface area contributed by atoms with E-state index in [1.807, 2.05) is 19.1 Å². The summed E-state index contributed by atoms with van der Waals surface area (Å²) in [6, 6.07) is 6.92. The predicted octanol–water partition coefficient (Wildman–Crippen LogP) is 3.53. The summed E-state index contributed by atoms with van der Waals surface area (Å²) >= 11 is 1.27. The van der Waals surface area contributed by atoms with Crippen molar-refractivity contribution < 1.29 is 8.42 Å². The summed E-state index contributed by atoms with van der Waals surface area (Å²) in [6.45, 7) is 8.04. The summed E-state index contributed by atoms with van der Waals surface area (Å²) < 4.78 is 27.5. The molecule has 0 bridgehead atoms. The third-order valence-electron chi connectivity index (χ3n) is 3.45. The monoisotopic (exact) mass is 368 g/mol. The minimum absolute atomic E-state index is 0.234. The molecule has 0 unspecified atom stereocenters. The Balaban J connectivity index is 2.12. The van der Waals surface area contributed by atoms with Crippen molar-refractivity contribution >= 4 is 33.0 Å². The van der Waals surface area contributed by atoms with Crippen molar-refractivity contribution in [1.82, 2.24) is 10.2 Å². The minimum Gasteiger partial charge on any atom is -0.355 e. The lowest BCUT2D eigenvalue weighted by Gasteiger charge is -2.21. The molecule has 0 aromatic carbocycles. The summed E-state index contributed by atoms with van der Waals surface area (Å²) in [5.41, 5.74) is 0. The van der Waals surface area contributed by atoms with Crippen molar-refractivity contribution in [2.45, 2.75) is 44.2 Å². The van der Waals surface area contributed by atoms with Crippen molar-refractivity contribution in [1.29, 1.82) is 0 Å². The lowest BCUT2D eigenvalue weighted by molar-refractivity contribution is 0.603. The normalized spacial score (nSPS) is 11.5.